The Hall–Kier alpha value is -2.04. The molecular formula is C18H18O. The second-order valence-electron chi connectivity index (χ2n) is 4.47. The van der Waals surface area contributed by atoms with Gasteiger partial charge in [0.05, 0.1) is 6.61 Å². The van der Waals surface area contributed by atoms with Crippen LogP contribution in [0.15, 0.2) is 48.5 Å². The van der Waals surface area contributed by atoms with Gasteiger partial charge in [-0.15, -0.1) is 6.42 Å². The molecule has 0 aliphatic rings. The van der Waals surface area contributed by atoms with Crippen molar-refractivity contribution in [1.29, 1.82) is 0 Å². The summed E-state index contributed by atoms with van der Waals surface area (Å²) in [6, 6.07) is 16.7. The molecule has 0 spiro atoms. The molecule has 0 N–H and O–H groups in total. The summed E-state index contributed by atoms with van der Waals surface area (Å²) < 4.78 is 5.38. The van der Waals surface area contributed by atoms with Crippen LogP contribution in [-0.4, -0.2) is 6.61 Å². The average Bonchev–Trinajstić information content (AvgIpc) is 2.47. The third-order valence-electron chi connectivity index (χ3n) is 3.02. The molecule has 0 saturated carbocycles. The smallest absolute Gasteiger partial charge is 0.0716 e. The minimum Gasteiger partial charge on any atom is -0.377 e. The van der Waals surface area contributed by atoms with E-state index in [9.17, 15) is 0 Å². The van der Waals surface area contributed by atoms with Crippen molar-refractivity contribution < 1.29 is 4.74 Å². The van der Waals surface area contributed by atoms with E-state index in [-0.39, 0.29) is 0 Å². The zero-order chi connectivity index (χ0) is 13.5. The lowest BCUT2D eigenvalue weighted by atomic mass is 10.0. The average molecular weight is 250 g/mol. The number of rotatable bonds is 5. The Morgan fingerprint density at radius 1 is 0.895 bits per heavy atom. The molecular weight excluding hydrogens is 232 g/mol. The van der Waals surface area contributed by atoms with Gasteiger partial charge in [0.15, 0.2) is 0 Å². The molecule has 96 valence electrons. The van der Waals surface area contributed by atoms with Crippen molar-refractivity contribution >= 4 is 0 Å². The normalized spacial score (nSPS) is 10.1. The molecule has 1 nitrogen and oxygen atoms in total. The van der Waals surface area contributed by atoms with E-state index in [1.807, 2.05) is 19.1 Å². The summed E-state index contributed by atoms with van der Waals surface area (Å²) in [4.78, 5) is 0. The van der Waals surface area contributed by atoms with Gasteiger partial charge in [-0.25, -0.2) is 0 Å². The third-order valence-corrected chi connectivity index (χ3v) is 3.02. The van der Waals surface area contributed by atoms with Crippen molar-refractivity contribution in [2.24, 2.45) is 0 Å². The second kappa shape index (κ2) is 6.78. The first-order valence-electron chi connectivity index (χ1n) is 6.53. The summed E-state index contributed by atoms with van der Waals surface area (Å²) in [5.74, 6) is 2.63. The van der Waals surface area contributed by atoms with Crippen LogP contribution in [0.5, 0.6) is 0 Å². The van der Waals surface area contributed by atoms with E-state index in [1.165, 1.54) is 16.7 Å². The Bertz CT molecular complexity index is 544. The van der Waals surface area contributed by atoms with E-state index < -0.39 is 0 Å². The lowest BCUT2D eigenvalue weighted by molar-refractivity contribution is 0.134. The molecule has 0 aliphatic carbocycles. The van der Waals surface area contributed by atoms with Crippen molar-refractivity contribution in [3.8, 4) is 12.3 Å². The van der Waals surface area contributed by atoms with Crippen molar-refractivity contribution in [2.75, 3.05) is 6.61 Å². The molecule has 2 aromatic carbocycles. The highest BCUT2D eigenvalue weighted by Crippen LogP contribution is 2.12. The quantitative estimate of drug-likeness (QED) is 0.733. The molecule has 0 amide bonds. The summed E-state index contributed by atoms with van der Waals surface area (Å²) in [7, 11) is 0. The van der Waals surface area contributed by atoms with Gasteiger partial charge in [-0.3, -0.25) is 0 Å². The monoisotopic (exact) mass is 250 g/mol. The van der Waals surface area contributed by atoms with Crippen molar-refractivity contribution in [1.82, 2.24) is 0 Å². The van der Waals surface area contributed by atoms with E-state index in [4.69, 9.17) is 11.2 Å². The van der Waals surface area contributed by atoms with Gasteiger partial charge in [0.25, 0.3) is 0 Å². The molecule has 0 fully saturated rings. The lowest BCUT2D eigenvalue weighted by Crippen LogP contribution is -1.93. The van der Waals surface area contributed by atoms with Gasteiger partial charge in [-0.05, 0) is 42.2 Å². The summed E-state index contributed by atoms with van der Waals surface area (Å²) in [6.45, 7) is 3.45. The fraction of sp³-hybridized carbons (Fsp3) is 0.222. The van der Waals surface area contributed by atoms with Crippen molar-refractivity contribution in [3.05, 3.63) is 70.8 Å². The predicted octanol–water partition coefficient (Wildman–Crippen LogP) is 3.80. The molecule has 0 radical (unpaired) electrons. The summed E-state index contributed by atoms with van der Waals surface area (Å²) in [5.41, 5.74) is 4.72. The van der Waals surface area contributed by atoms with Gasteiger partial charge in [0.2, 0.25) is 0 Å². The van der Waals surface area contributed by atoms with Gasteiger partial charge in [0, 0.05) is 12.2 Å². The Morgan fingerprint density at radius 2 is 1.42 bits per heavy atom. The van der Waals surface area contributed by atoms with E-state index >= 15 is 0 Å². The molecule has 0 bridgehead atoms. The Balaban J connectivity index is 2.00. The van der Waals surface area contributed by atoms with Crippen molar-refractivity contribution in [3.63, 3.8) is 0 Å². The number of hydrogen-bond acceptors (Lipinski definition) is 1. The SMILES string of the molecule is C#Cc1ccc(Cc2ccc(COCC)cc2)cc1. The molecule has 0 saturated heterocycles. The molecule has 0 unspecified atom stereocenters. The molecule has 1 heteroatoms. The van der Waals surface area contributed by atoms with E-state index in [1.54, 1.807) is 0 Å². The number of ether oxygens (including phenoxy) is 1. The molecule has 2 rings (SSSR count). The second-order valence-corrected chi connectivity index (χ2v) is 4.47. The maximum atomic E-state index is 5.38. The number of hydrogen-bond donors (Lipinski definition) is 0. The van der Waals surface area contributed by atoms with Crippen molar-refractivity contribution in [2.45, 2.75) is 20.0 Å². The number of terminal acetylenes is 1. The van der Waals surface area contributed by atoms with Gasteiger partial charge in [-0.2, -0.15) is 0 Å². The van der Waals surface area contributed by atoms with Gasteiger partial charge >= 0.3 is 0 Å². The molecule has 0 heterocycles. The molecule has 2 aromatic rings. The zero-order valence-electron chi connectivity index (χ0n) is 11.2. The van der Waals surface area contributed by atoms with Gasteiger partial charge in [-0.1, -0.05) is 42.3 Å². The standard InChI is InChI=1S/C18H18O/c1-3-15-5-7-16(8-6-15)13-17-9-11-18(12-10-17)14-19-4-2/h1,5-12H,4,13-14H2,2H3. The first-order valence-corrected chi connectivity index (χ1v) is 6.53. The van der Waals surface area contributed by atoms with Crippen LogP contribution < -0.4 is 0 Å². The van der Waals surface area contributed by atoms with Gasteiger partial charge in [0.1, 0.15) is 0 Å². The summed E-state index contributed by atoms with van der Waals surface area (Å²) in [5, 5.41) is 0. The maximum Gasteiger partial charge on any atom is 0.0716 e. The number of benzene rings is 2. The Labute approximate surface area is 115 Å². The maximum absolute atomic E-state index is 5.38. The predicted molar refractivity (Wildman–Crippen MR) is 79.0 cm³/mol. The summed E-state index contributed by atoms with van der Waals surface area (Å²) in [6.07, 6.45) is 6.28. The van der Waals surface area contributed by atoms with Crippen LogP contribution in [0.3, 0.4) is 0 Å². The summed E-state index contributed by atoms with van der Waals surface area (Å²) >= 11 is 0. The van der Waals surface area contributed by atoms with Crippen LogP contribution >= 0.6 is 0 Å². The fourth-order valence-corrected chi connectivity index (χ4v) is 1.93. The highest BCUT2D eigenvalue weighted by Gasteiger charge is 1.98. The van der Waals surface area contributed by atoms with Crippen LogP contribution in [0.25, 0.3) is 0 Å². The largest absolute Gasteiger partial charge is 0.377 e. The highest BCUT2D eigenvalue weighted by atomic mass is 16.5. The molecule has 0 aromatic heterocycles. The van der Waals surface area contributed by atoms with Crippen LogP contribution in [0.2, 0.25) is 0 Å². The minimum absolute atomic E-state index is 0.688. The molecule has 19 heavy (non-hydrogen) atoms. The van der Waals surface area contributed by atoms with Crippen LogP contribution in [0, 0.1) is 12.3 Å². The first kappa shape index (κ1) is 13.4. The van der Waals surface area contributed by atoms with Crippen LogP contribution in [-0.2, 0) is 17.8 Å². The molecule has 0 aliphatic heterocycles. The minimum atomic E-state index is 0.688. The fourth-order valence-electron chi connectivity index (χ4n) is 1.93. The lowest BCUT2D eigenvalue weighted by Gasteiger charge is -2.05. The zero-order valence-corrected chi connectivity index (χ0v) is 11.2. The molecule has 0 atom stereocenters. The first-order chi connectivity index (χ1) is 9.31. The Morgan fingerprint density at radius 3 is 1.95 bits per heavy atom. The van der Waals surface area contributed by atoms with E-state index in [0.717, 1.165) is 18.6 Å². The van der Waals surface area contributed by atoms with Gasteiger partial charge < -0.3 is 4.74 Å². The topological polar surface area (TPSA) is 9.23 Å². The van der Waals surface area contributed by atoms with E-state index in [0.29, 0.717) is 6.61 Å². The van der Waals surface area contributed by atoms with Crippen LogP contribution in [0.4, 0.5) is 0 Å². The highest BCUT2D eigenvalue weighted by molar-refractivity contribution is 5.36. The Kier molecular flexibility index (Phi) is 4.78. The van der Waals surface area contributed by atoms with Crippen LogP contribution in [0.1, 0.15) is 29.2 Å². The van der Waals surface area contributed by atoms with E-state index in [2.05, 4.69) is 42.3 Å². The third kappa shape index (κ3) is 3.98.